The van der Waals surface area contributed by atoms with Crippen molar-refractivity contribution in [2.24, 2.45) is 11.1 Å². The van der Waals surface area contributed by atoms with Gasteiger partial charge >= 0.3 is 0 Å². The summed E-state index contributed by atoms with van der Waals surface area (Å²) in [6.45, 7) is 0.801. The molecule has 0 aromatic rings. The lowest BCUT2D eigenvalue weighted by Crippen LogP contribution is -2.50. The Morgan fingerprint density at radius 1 is 1.19 bits per heavy atom. The maximum Gasteiger partial charge on any atom is 0.239 e. The highest BCUT2D eigenvalue weighted by molar-refractivity contribution is 7.80. The second kappa shape index (κ2) is 8.94. The van der Waals surface area contributed by atoms with E-state index < -0.39 is 5.41 Å². The van der Waals surface area contributed by atoms with E-state index in [9.17, 15) is 9.59 Å². The lowest BCUT2D eigenvalue weighted by atomic mass is 9.79. The zero-order valence-corrected chi connectivity index (χ0v) is 13.4. The minimum atomic E-state index is -0.793. The van der Waals surface area contributed by atoms with E-state index in [-0.39, 0.29) is 23.3 Å². The second-order valence-corrected chi connectivity index (χ2v) is 5.83. The molecule has 0 aliphatic heterocycles. The van der Waals surface area contributed by atoms with E-state index in [2.05, 4.69) is 10.6 Å². The van der Waals surface area contributed by atoms with E-state index in [0.717, 1.165) is 25.7 Å². The average molecular weight is 315 g/mol. The van der Waals surface area contributed by atoms with Crippen molar-refractivity contribution in [1.29, 1.82) is 0 Å². The van der Waals surface area contributed by atoms with Crippen LogP contribution in [0.4, 0.5) is 0 Å². The van der Waals surface area contributed by atoms with Crippen molar-refractivity contribution < 1.29 is 14.3 Å². The van der Waals surface area contributed by atoms with Crippen LogP contribution in [0.1, 0.15) is 38.5 Å². The molecule has 1 rings (SSSR count). The molecule has 21 heavy (non-hydrogen) atoms. The highest BCUT2D eigenvalue weighted by atomic mass is 32.1. The van der Waals surface area contributed by atoms with Crippen LogP contribution in [0.3, 0.4) is 0 Å². The molecule has 2 amide bonds. The number of hydrogen-bond donors (Lipinski definition) is 3. The highest BCUT2D eigenvalue weighted by Crippen LogP contribution is 2.35. The molecule has 6 nitrogen and oxygen atoms in total. The Bertz CT molecular complexity index is 380. The molecular formula is C14H25N3O3S. The maximum absolute atomic E-state index is 12.5. The fourth-order valence-corrected chi connectivity index (χ4v) is 2.90. The Hall–Kier alpha value is -1.21. The first-order valence-corrected chi connectivity index (χ1v) is 7.77. The molecular weight excluding hydrogens is 290 g/mol. The van der Waals surface area contributed by atoms with Gasteiger partial charge in [-0.25, -0.2) is 0 Å². The molecule has 0 atom stereocenters. The zero-order valence-electron chi connectivity index (χ0n) is 12.6. The van der Waals surface area contributed by atoms with Crippen molar-refractivity contribution in [3.8, 4) is 0 Å². The molecule has 0 bridgehead atoms. The van der Waals surface area contributed by atoms with Gasteiger partial charge in [0.05, 0.1) is 23.6 Å². The number of nitrogens with one attached hydrogen (secondary N) is 2. The molecule has 0 aromatic carbocycles. The van der Waals surface area contributed by atoms with Gasteiger partial charge in [0.25, 0.3) is 0 Å². The number of thiocarbonyl (C=S) groups is 1. The largest absolute Gasteiger partial charge is 0.392 e. The molecule has 1 fully saturated rings. The number of ether oxygens (including phenoxy) is 1. The summed E-state index contributed by atoms with van der Waals surface area (Å²) in [5.41, 5.74) is 5.04. The molecule has 1 aliphatic carbocycles. The van der Waals surface area contributed by atoms with Crippen molar-refractivity contribution in [1.82, 2.24) is 10.6 Å². The smallest absolute Gasteiger partial charge is 0.239 e. The Morgan fingerprint density at radius 2 is 1.81 bits per heavy atom. The van der Waals surface area contributed by atoms with Crippen LogP contribution in [-0.4, -0.2) is 43.6 Å². The topological polar surface area (TPSA) is 93.5 Å². The lowest BCUT2D eigenvalue weighted by molar-refractivity contribution is -0.130. The van der Waals surface area contributed by atoms with Gasteiger partial charge in [-0.3, -0.25) is 9.59 Å². The number of rotatable bonds is 7. The molecule has 1 aliphatic rings. The van der Waals surface area contributed by atoms with Gasteiger partial charge in [0.1, 0.15) is 0 Å². The lowest BCUT2D eigenvalue weighted by Gasteiger charge is -2.30. The van der Waals surface area contributed by atoms with E-state index in [1.807, 2.05) is 0 Å². The van der Waals surface area contributed by atoms with Crippen LogP contribution < -0.4 is 16.4 Å². The summed E-state index contributed by atoms with van der Waals surface area (Å²) in [4.78, 5) is 24.3. The van der Waals surface area contributed by atoms with Gasteiger partial charge in [-0.1, -0.05) is 37.9 Å². The van der Waals surface area contributed by atoms with Crippen molar-refractivity contribution in [2.45, 2.75) is 38.5 Å². The van der Waals surface area contributed by atoms with Gasteiger partial charge in [-0.05, 0) is 12.8 Å². The number of amides is 2. The number of carbonyl (C=O) groups is 2. The molecule has 120 valence electrons. The first-order valence-electron chi connectivity index (χ1n) is 7.37. The predicted molar refractivity (Wildman–Crippen MR) is 84.8 cm³/mol. The molecule has 7 heteroatoms. The summed E-state index contributed by atoms with van der Waals surface area (Å²) in [7, 11) is 1.56. The van der Waals surface area contributed by atoms with Crippen LogP contribution >= 0.6 is 12.2 Å². The van der Waals surface area contributed by atoms with Crippen LogP contribution in [0, 0.1) is 5.41 Å². The second-order valence-electron chi connectivity index (χ2n) is 5.39. The fourth-order valence-electron chi connectivity index (χ4n) is 2.60. The first-order chi connectivity index (χ1) is 10.0. The molecule has 1 saturated carbocycles. The summed E-state index contributed by atoms with van der Waals surface area (Å²) < 4.78 is 4.84. The quantitative estimate of drug-likeness (QED) is 0.361. The average Bonchev–Trinajstić information content (AvgIpc) is 2.71. The third-order valence-corrected chi connectivity index (χ3v) is 4.29. The van der Waals surface area contributed by atoms with Crippen molar-refractivity contribution in [2.75, 3.05) is 26.8 Å². The number of carbonyl (C=O) groups excluding carboxylic acids is 2. The van der Waals surface area contributed by atoms with Crippen LogP contribution in [0.25, 0.3) is 0 Å². The minimum Gasteiger partial charge on any atom is -0.392 e. The van der Waals surface area contributed by atoms with Crippen LogP contribution in [0.15, 0.2) is 0 Å². The number of hydrogen-bond acceptors (Lipinski definition) is 4. The molecule has 0 heterocycles. The fraction of sp³-hybridized carbons (Fsp3) is 0.786. The van der Waals surface area contributed by atoms with Crippen molar-refractivity contribution >= 4 is 29.0 Å². The Balaban J connectivity index is 2.53. The van der Waals surface area contributed by atoms with Crippen LogP contribution in [0.5, 0.6) is 0 Å². The molecule has 0 spiro atoms. The summed E-state index contributed by atoms with van der Waals surface area (Å²) in [6, 6.07) is 0. The van der Waals surface area contributed by atoms with E-state index in [1.165, 1.54) is 0 Å². The van der Waals surface area contributed by atoms with E-state index in [4.69, 9.17) is 22.7 Å². The zero-order chi connectivity index (χ0) is 15.7. The first kappa shape index (κ1) is 17.8. The van der Waals surface area contributed by atoms with Crippen LogP contribution in [-0.2, 0) is 14.3 Å². The summed E-state index contributed by atoms with van der Waals surface area (Å²) >= 11 is 5.13. The monoisotopic (exact) mass is 315 g/mol. The van der Waals surface area contributed by atoms with Crippen molar-refractivity contribution in [3.05, 3.63) is 0 Å². The predicted octanol–water partition coefficient (Wildman–Crippen LogP) is 0.492. The summed E-state index contributed by atoms with van der Waals surface area (Å²) in [5.74, 6) is -0.467. The molecule has 4 N–H and O–H groups in total. The van der Waals surface area contributed by atoms with E-state index >= 15 is 0 Å². The molecule has 0 radical (unpaired) electrons. The van der Waals surface area contributed by atoms with Gasteiger partial charge in [-0.2, -0.15) is 0 Å². The highest BCUT2D eigenvalue weighted by Gasteiger charge is 2.41. The normalized spacial score (nSPS) is 17.6. The van der Waals surface area contributed by atoms with Gasteiger partial charge in [0, 0.05) is 13.7 Å². The van der Waals surface area contributed by atoms with E-state index in [1.54, 1.807) is 7.11 Å². The molecule has 0 aromatic heterocycles. The molecule has 0 saturated heterocycles. The van der Waals surface area contributed by atoms with Gasteiger partial charge < -0.3 is 21.1 Å². The van der Waals surface area contributed by atoms with E-state index in [0.29, 0.717) is 26.0 Å². The van der Waals surface area contributed by atoms with Gasteiger partial charge in [0.15, 0.2) is 0 Å². The standard InChI is InChI=1S/C14H25N3O3S/c1-20-9-8-16-11(18)10-17-13(19)14(12(15)21)6-4-2-3-5-7-14/h2-10H2,1H3,(H2,15,21)(H,16,18)(H,17,19). The van der Waals surface area contributed by atoms with Gasteiger partial charge in [0.2, 0.25) is 11.8 Å². The Kier molecular flexibility index (Phi) is 7.60. The Morgan fingerprint density at radius 3 is 2.33 bits per heavy atom. The van der Waals surface area contributed by atoms with Crippen LogP contribution in [0.2, 0.25) is 0 Å². The molecule has 0 unspecified atom stereocenters. The third-order valence-electron chi connectivity index (χ3n) is 3.90. The summed E-state index contributed by atoms with van der Waals surface area (Å²) in [5, 5.41) is 5.32. The van der Waals surface area contributed by atoms with Crippen molar-refractivity contribution in [3.63, 3.8) is 0 Å². The minimum absolute atomic E-state index is 0.0626. The Labute approximate surface area is 131 Å². The maximum atomic E-state index is 12.5. The summed E-state index contributed by atoms with van der Waals surface area (Å²) in [6.07, 6.45) is 5.39. The third kappa shape index (κ3) is 5.24. The van der Waals surface area contributed by atoms with Gasteiger partial charge in [-0.15, -0.1) is 0 Å². The number of nitrogens with two attached hydrogens (primary N) is 1. The SMILES string of the molecule is COCCNC(=O)CNC(=O)C1(C(N)=S)CCCCCC1. The number of methoxy groups -OCH3 is 1.